The van der Waals surface area contributed by atoms with Crippen molar-refractivity contribution in [2.24, 2.45) is 5.92 Å². The van der Waals surface area contributed by atoms with Gasteiger partial charge in [-0.2, -0.15) is 0 Å². The number of benzene rings is 1. The van der Waals surface area contributed by atoms with Crippen LogP contribution >= 0.6 is 0 Å². The van der Waals surface area contributed by atoms with Gasteiger partial charge in [0.05, 0.1) is 4.90 Å². The maximum absolute atomic E-state index is 12.6. The molecule has 1 saturated carbocycles. The molecule has 144 valence electrons. The van der Waals surface area contributed by atoms with Crippen LogP contribution in [-0.2, 0) is 14.8 Å². The Morgan fingerprint density at radius 1 is 1.08 bits per heavy atom. The zero-order chi connectivity index (χ0) is 18.4. The van der Waals surface area contributed by atoms with Crippen LogP contribution in [0.1, 0.15) is 55.3 Å². The lowest BCUT2D eigenvalue weighted by atomic mass is 9.89. The van der Waals surface area contributed by atoms with E-state index in [2.05, 4.69) is 10.0 Å². The highest BCUT2D eigenvalue weighted by Crippen LogP contribution is 2.23. The van der Waals surface area contributed by atoms with Gasteiger partial charge in [-0.3, -0.25) is 4.79 Å². The van der Waals surface area contributed by atoms with Crippen molar-refractivity contribution in [1.29, 1.82) is 0 Å². The van der Waals surface area contributed by atoms with Crippen molar-refractivity contribution in [2.75, 3.05) is 19.8 Å². The fourth-order valence-corrected chi connectivity index (χ4v) is 4.99. The average Bonchev–Trinajstić information content (AvgIpc) is 2.67. The van der Waals surface area contributed by atoms with Crippen LogP contribution in [0, 0.1) is 5.92 Å². The molecule has 0 spiro atoms. The largest absolute Gasteiger partial charge is 0.381 e. The second-order valence-electron chi connectivity index (χ2n) is 7.25. The molecule has 2 fully saturated rings. The van der Waals surface area contributed by atoms with Crippen LogP contribution in [0.5, 0.6) is 0 Å². The van der Waals surface area contributed by atoms with Crippen LogP contribution in [0.2, 0.25) is 0 Å². The Morgan fingerprint density at radius 2 is 1.81 bits per heavy atom. The van der Waals surface area contributed by atoms with E-state index in [0.717, 1.165) is 12.8 Å². The van der Waals surface area contributed by atoms with E-state index in [4.69, 9.17) is 4.74 Å². The van der Waals surface area contributed by atoms with E-state index in [1.807, 2.05) is 0 Å². The topological polar surface area (TPSA) is 84.5 Å². The summed E-state index contributed by atoms with van der Waals surface area (Å²) in [6.07, 6.45) is 7.39. The second-order valence-corrected chi connectivity index (χ2v) is 8.96. The number of ether oxygens (including phenoxy) is 1. The first kappa shape index (κ1) is 19.3. The highest BCUT2D eigenvalue weighted by Gasteiger charge is 2.23. The van der Waals surface area contributed by atoms with Gasteiger partial charge in [0.25, 0.3) is 5.91 Å². The number of amides is 1. The summed E-state index contributed by atoms with van der Waals surface area (Å²) in [7, 11) is -3.64. The van der Waals surface area contributed by atoms with Crippen LogP contribution in [0.3, 0.4) is 0 Å². The van der Waals surface area contributed by atoms with E-state index >= 15 is 0 Å². The smallest absolute Gasteiger partial charge is 0.251 e. The van der Waals surface area contributed by atoms with Crippen molar-refractivity contribution >= 4 is 15.9 Å². The molecule has 7 heteroatoms. The lowest BCUT2D eigenvalue weighted by Gasteiger charge is -2.23. The van der Waals surface area contributed by atoms with Crippen molar-refractivity contribution in [3.8, 4) is 0 Å². The molecular formula is C19H28N2O4S. The van der Waals surface area contributed by atoms with Crippen molar-refractivity contribution < 1.29 is 17.9 Å². The molecule has 6 nitrogen and oxygen atoms in total. The average molecular weight is 381 g/mol. The van der Waals surface area contributed by atoms with Gasteiger partial charge in [0.15, 0.2) is 0 Å². The second kappa shape index (κ2) is 8.97. The monoisotopic (exact) mass is 380 g/mol. The molecule has 2 N–H and O–H groups in total. The number of hydrogen-bond donors (Lipinski definition) is 2. The van der Waals surface area contributed by atoms with Gasteiger partial charge < -0.3 is 10.1 Å². The highest BCUT2D eigenvalue weighted by atomic mass is 32.2. The number of carbonyl (C=O) groups excluding carboxylic acids is 1. The van der Waals surface area contributed by atoms with Crippen molar-refractivity contribution in [1.82, 2.24) is 10.0 Å². The molecule has 1 heterocycles. The van der Waals surface area contributed by atoms with Gasteiger partial charge in [-0.25, -0.2) is 13.1 Å². The first-order chi connectivity index (χ1) is 12.5. The minimum absolute atomic E-state index is 0.113. The third-order valence-electron chi connectivity index (χ3n) is 5.23. The van der Waals surface area contributed by atoms with Crippen LogP contribution in [0.25, 0.3) is 0 Å². The summed E-state index contributed by atoms with van der Waals surface area (Å²) in [5.74, 6) is 0.327. The Morgan fingerprint density at radius 3 is 2.54 bits per heavy atom. The fraction of sp³-hybridized carbons (Fsp3) is 0.632. The lowest BCUT2D eigenvalue weighted by molar-refractivity contribution is 0.0832. The van der Waals surface area contributed by atoms with E-state index < -0.39 is 10.0 Å². The van der Waals surface area contributed by atoms with E-state index in [-0.39, 0.29) is 16.8 Å². The molecule has 1 aromatic carbocycles. The Balaban J connectivity index is 1.61. The van der Waals surface area contributed by atoms with E-state index in [1.165, 1.54) is 31.4 Å². The Bertz CT molecular complexity index is 708. The Kier molecular flexibility index (Phi) is 6.67. The van der Waals surface area contributed by atoms with Gasteiger partial charge in [-0.15, -0.1) is 0 Å². The molecule has 1 aliphatic carbocycles. The van der Waals surface area contributed by atoms with Gasteiger partial charge in [-0.05, 0) is 49.8 Å². The van der Waals surface area contributed by atoms with Crippen molar-refractivity contribution in [3.63, 3.8) is 0 Å². The minimum atomic E-state index is -3.64. The zero-order valence-corrected chi connectivity index (χ0v) is 15.9. The van der Waals surface area contributed by atoms with Crippen molar-refractivity contribution in [2.45, 2.75) is 55.9 Å². The molecular weight excluding hydrogens is 352 g/mol. The maximum atomic E-state index is 12.6. The van der Waals surface area contributed by atoms with E-state index in [1.54, 1.807) is 12.1 Å². The van der Waals surface area contributed by atoms with Crippen LogP contribution in [0.4, 0.5) is 0 Å². The molecule has 1 aromatic rings. The molecule has 1 saturated heterocycles. The molecule has 26 heavy (non-hydrogen) atoms. The van der Waals surface area contributed by atoms with Gasteiger partial charge in [0, 0.05) is 31.4 Å². The summed E-state index contributed by atoms with van der Waals surface area (Å²) in [5, 5.41) is 2.96. The highest BCUT2D eigenvalue weighted by molar-refractivity contribution is 7.89. The Labute approximate surface area is 155 Å². The summed E-state index contributed by atoms with van der Waals surface area (Å²) in [4.78, 5) is 12.5. The first-order valence-corrected chi connectivity index (χ1v) is 11.0. The zero-order valence-electron chi connectivity index (χ0n) is 15.1. The standard InChI is InChI=1S/C19H28N2O4S/c22-19(20-14-15-5-2-1-3-6-15)16-7-4-8-18(13-16)26(23,24)21-17-9-11-25-12-10-17/h4,7-8,13,15,17,21H,1-3,5-6,9-12,14H2,(H,20,22). The van der Waals surface area contributed by atoms with Crippen LogP contribution in [-0.4, -0.2) is 40.1 Å². The SMILES string of the molecule is O=C(NCC1CCCCC1)c1cccc(S(=O)(=O)NC2CCOCC2)c1. The first-order valence-electron chi connectivity index (χ1n) is 9.53. The number of rotatable bonds is 6. The summed E-state index contributed by atoms with van der Waals surface area (Å²) >= 11 is 0. The maximum Gasteiger partial charge on any atom is 0.251 e. The summed E-state index contributed by atoms with van der Waals surface area (Å²) in [5.41, 5.74) is 0.385. The molecule has 2 aliphatic rings. The van der Waals surface area contributed by atoms with Crippen LogP contribution in [0.15, 0.2) is 29.2 Å². The van der Waals surface area contributed by atoms with Gasteiger partial charge in [-0.1, -0.05) is 25.3 Å². The van der Waals surface area contributed by atoms with Crippen molar-refractivity contribution in [3.05, 3.63) is 29.8 Å². The van der Waals surface area contributed by atoms with Gasteiger partial charge >= 0.3 is 0 Å². The summed E-state index contributed by atoms with van der Waals surface area (Å²) in [6.45, 7) is 1.80. The number of sulfonamides is 1. The normalized spacial score (nSPS) is 20.0. The molecule has 1 amide bonds. The third-order valence-corrected chi connectivity index (χ3v) is 6.74. The number of carbonyl (C=O) groups is 1. The summed E-state index contributed by atoms with van der Waals surface area (Å²) < 4.78 is 33.2. The summed E-state index contributed by atoms with van der Waals surface area (Å²) in [6, 6.07) is 6.15. The Hall–Kier alpha value is -1.44. The quantitative estimate of drug-likeness (QED) is 0.794. The molecule has 0 radical (unpaired) electrons. The van der Waals surface area contributed by atoms with Gasteiger partial charge in [0.1, 0.15) is 0 Å². The van der Waals surface area contributed by atoms with Crippen LogP contribution < -0.4 is 10.0 Å². The van der Waals surface area contributed by atoms with E-state index in [9.17, 15) is 13.2 Å². The van der Waals surface area contributed by atoms with E-state index in [0.29, 0.717) is 44.1 Å². The lowest BCUT2D eigenvalue weighted by Crippen LogP contribution is -2.39. The van der Waals surface area contributed by atoms with Gasteiger partial charge in [0.2, 0.25) is 10.0 Å². The molecule has 1 aliphatic heterocycles. The molecule has 0 aromatic heterocycles. The molecule has 0 unspecified atom stereocenters. The molecule has 0 atom stereocenters. The fourth-order valence-electron chi connectivity index (χ4n) is 3.64. The molecule has 3 rings (SSSR count). The number of nitrogens with one attached hydrogen (secondary N) is 2. The predicted octanol–water partition coefficient (Wildman–Crippen LogP) is 2.45. The predicted molar refractivity (Wildman–Crippen MR) is 99.5 cm³/mol. The minimum Gasteiger partial charge on any atom is -0.381 e. The number of hydrogen-bond acceptors (Lipinski definition) is 4. The molecule has 0 bridgehead atoms. The third kappa shape index (κ3) is 5.28.